The minimum absolute atomic E-state index is 0.00610. The molecular weight excluding hydrogens is 650 g/mol. The number of nitrogens with two attached hydrogens (primary N) is 1. The number of sulfonamides is 1. The lowest BCUT2D eigenvalue weighted by Crippen LogP contribution is -2.43. The molecule has 234 valence electrons. The number of benzene rings is 2. The Bertz CT molecular complexity index is 1640. The number of alkyl halides is 6. The number of primary amides is 1. The van der Waals surface area contributed by atoms with Gasteiger partial charge in [0.15, 0.2) is 0 Å². The van der Waals surface area contributed by atoms with Crippen LogP contribution in [0.15, 0.2) is 48.5 Å². The van der Waals surface area contributed by atoms with Crippen LogP contribution in [0.3, 0.4) is 0 Å². The molecule has 0 aliphatic heterocycles. The molecule has 42 heavy (non-hydrogen) atoms. The Balaban J connectivity index is 2.32. The fourth-order valence-electron chi connectivity index (χ4n) is 3.19. The molecule has 0 spiro atoms. The predicted molar refractivity (Wildman–Crippen MR) is 131 cm³/mol. The number of hydrogen-bond donors (Lipinski definition) is 1. The highest BCUT2D eigenvalue weighted by molar-refractivity contribution is 7.89. The number of carbonyl (C=O) groups excluding carboxylic acids is 2. The summed E-state index contributed by atoms with van der Waals surface area (Å²) in [5.41, 5.74) is -6.24. The number of halogens is 6. The molecule has 2 N–H and O–H groups in total. The van der Waals surface area contributed by atoms with E-state index in [2.05, 4.69) is 8.37 Å². The second-order valence-electron chi connectivity index (χ2n) is 8.41. The van der Waals surface area contributed by atoms with Crippen LogP contribution < -0.4 is 14.1 Å². The van der Waals surface area contributed by atoms with Crippen molar-refractivity contribution >= 4 is 42.1 Å². The van der Waals surface area contributed by atoms with Gasteiger partial charge < -0.3 is 14.1 Å². The number of amides is 2. The van der Waals surface area contributed by atoms with E-state index in [0.717, 1.165) is 48.5 Å². The Hall–Kier alpha value is -3.59. The molecule has 0 saturated heterocycles. The fourth-order valence-corrected chi connectivity index (χ4v) is 5.01. The van der Waals surface area contributed by atoms with E-state index in [4.69, 9.17) is 5.73 Å². The maximum absolute atomic E-state index is 13.2. The summed E-state index contributed by atoms with van der Waals surface area (Å²) >= 11 is 0. The van der Waals surface area contributed by atoms with Crippen molar-refractivity contribution in [3.8, 4) is 11.5 Å². The van der Waals surface area contributed by atoms with E-state index in [1.54, 1.807) is 0 Å². The Morgan fingerprint density at radius 3 is 1.43 bits per heavy atom. The molecule has 2 rings (SSSR count). The van der Waals surface area contributed by atoms with E-state index < -0.39 is 83.0 Å². The smallest absolute Gasteiger partial charge is 0.376 e. The minimum Gasteiger partial charge on any atom is -0.376 e. The average molecular weight is 671 g/mol. The predicted octanol–water partition coefficient (Wildman–Crippen LogP) is 2.30. The first kappa shape index (κ1) is 34.6. The van der Waals surface area contributed by atoms with Gasteiger partial charge in [-0.2, -0.15) is 43.2 Å². The monoisotopic (exact) mass is 670 g/mol. The van der Waals surface area contributed by atoms with Crippen LogP contribution in [0.4, 0.5) is 26.3 Å². The molecule has 12 nitrogen and oxygen atoms in total. The molecule has 2 aromatic rings. The second-order valence-corrected chi connectivity index (χ2v) is 13.4. The summed E-state index contributed by atoms with van der Waals surface area (Å²) in [6, 6.07) is 6.83. The fraction of sp³-hybridized carbons (Fsp3) is 0.333. The Kier molecular flexibility index (Phi) is 9.85. The number of carbonyl (C=O) groups is 2. The van der Waals surface area contributed by atoms with Gasteiger partial charge in [0.05, 0.1) is 24.6 Å². The normalized spacial score (nSPS) is 14.5. The molecule has 2 atom stereocenters. The van der Waals surface area contributed by atoms with Crippen LogP contribution in [0.5, 0.6) is 11.5 Å². The van der Waals surface area contributed by atoms with Gasteiger partial charge in [0.1, 0.15) is 11.5 Å². The van der Waals surface area contributed by atoms with E-state index in [1.807, 2.05) is 0 Å². The van der Waals surface area contributed by atoms with Crippen molar-refractivity contribution in [3.05, 3.63) is 59.7 Å². The van der Waals surface area contributed by atoms with Gasteiger partial charge in [-0.3, -0.25) is 9.59 Å². The summed E-state index contributed by atoms with van der Waals surface area (Å²) < 4.78 is 153. The molecule has 21 heteroatoms. The molecule has 0 saturated carbocycles. The SMILES string of the molecule is C[C@@H](C(=O)N(C[C@H](C(N)=O)c1ccc(OS(=O)(=O)C(F)(F)F)cc1)S(C)(=O)=O)c1ccc(OS(=O)(=O)C(F)(F)F)cc1. The average Bonchev–Trinajstić information content (AvgIpc) is 2.82. The molecule has 2 amide bonds. The zero-order chi connectivity index (χ0) is 32.5. The van der Waals surface area contributed by atoms with Crippen LogP contribution >= 0.6 is 0 Å². The van der Waals surface area contributed by atoms with Gasteiger partial charge in [0, 0.05) is 0 Å². The van der Waals surface area contributed by atoms with Crippen molar-refractivity contribution in [1.29, 1.82) is 0 Å². The largest absolute Gasteiger partial charge is 0.534 e. The van der Waals surface area contributed by atoms with E-state index in [-0.39, 0.29) is 15.4 Å². The number of nitrogens with zero attached hydrogens (tertiary/aromatic N) is 1. The maximum Gasteiger partial charge on any atom is 0.534 e. The molecule has 0 unspecified atom stereocenters. The lowest BCUT2D eigenvalue weighted by molar-refractivity contribution is -0.128. The van der Waals surface area contributed by atoms with Crippen molar-refractivity contribution in [1.82, 2.24) is 4.31 Å². The molecule has 0 heterocycles. The van der Waals surface area contributed by atoms with E-state index in [1.165, 1.54) is 6.92 Å². The molecule has 0 aromatic heterocycles. The first-order valence-electron chi connectivity index (χ1n) is 10.9. The molecule has 0 bridgehead atoms. The summed E-state index contributed by atoms with van der Waals surface area (Å²) in [5, 5.41) is 0. The summed E-state index contributed by atoms with van der Waals surface area (Å²) in [6.45, 7) is 0.277. The van der Waals surface area contributed by atoms with Crippen molar-refractivity contribution in [3.63, 3.8) is 0 Å². The van der Waals surface area contributed by atoms with Gasteiger partial charge in [0.2, 0.25) is 21.8 Å². The zero-order valence-corrected chi connectivity index (χ0v) is 23.5. The first-order chi connectivity index (χ1) is 18.9. The molecule has 2 aromatic carbocycles. The zero-order valence-electron chi connectivity index (χ0n) is 21.1. The molecular formula is C21H20F6N2O10S3. The highest BCUT2D eigenvalue weighted by Crippen LogP contribution is 2.31. The molecule has 0 fully saturated rings. The van der Waals surface area contributed by atoms with Crippen LogP contribution in [0.1, 0.15) is 29.9 Å². The Morgan fingerprint density at radius 1 is 0.762 bits per heavy atom. The van der Waals surface area contributed by atoms with Crippen LogP contribution in [-0.4, -0.2) is 65.2 Å². The summed E-state index contributed by atoms with van der Waals surface area (Å²) in [5.74, 6) is -6.85. The van der Waals surface area contributed by atoms with Gasteiger partial charge in [0.25, 0.3) is 0 Å². The van der Waals surface area contributed by atoms with Crippen LogP contribution in [0.2, 0.25) is 0 Å². The number of rotatable bonds is 11. The van der Waals surface area contributed by atoms with E-state index in [0.29, 0.717) is 6.26 Å². The number of hydrogen-bond acceptors (Lipinski definition) is 10. The third kappa shape index (κ3) is 8.25. The first-order valence-corrected chi connectivity index (χ1v) is 15.6. The molecule has 0 radical (unpaired) electrons. The molecule has 0 aliphatic carbocycles. The highest BCUT2D eigenvalue weighted by Gasteiger charge is 2.49. The van der Waals surface area contributed by atoms with Crippen molar-refractivity contribution in [2.24, 2.45) is 5.73 Å². The van der Waals surface area contributed by atoms with Gasteiger partial charge in [-0.05, 0) is 42.3 Å². The Labute approximate surface area is 235 Å². The standard InChI is InChI=1S/C21H20F6N2O10S3/c1-12(13-3-7-15(8-4-13)38-41(34,35)20(22,23)24)19(31)29(40(2,32)33)11-17(18(28)30)14-5-9-16(10-6-14)39-42(36,37)21(25,26)27/h3-10,12,17H,11H2,1-2H3,(H2,28,30)/t12-,17+/m1/s1. The van der Waals surface area contributed by atoms with Crippen molar-refractivity contribution in [2.75, 3.05) is 12.8 Å². The van der Waals surface area contributed by atoms with Crippen molar-refractivity contribution < 1.29 is 69.6 Å². The van der Waals surface area contributed by atoms with Crippen LogP contribution in [0, 0.1) is 0 Å². The topological polar surface area (TPSA) is 184 Å². The third-order valence-corrected chi connectivity index (χ3v) is 8.44. The maximum atomic E-state index is 13.2. The lowest BCUT2D eigenvalue weighted by Gasteiger charge is -2.27. The third-order valence-electron chi connectivity index (χ3n) is 5.35. The van der Waals surface area contributed by atoms with Crippen molar-refractivity contribution in [2.45, 2.75) is 29.8 Å². The Morgan fingerprint density at radius 2 is 1.12 bits per heavy atom. The quantitative estimate of drug-likeness (QED) is 0.211. The van der Waals surface area contributed by atoms with Gasteiger partial charge in [-0.1, -0.05) is 24.3 Å². The lowest BCUT2D eigenvalue weighted by atomic mass is 9.96. The van der Waals surface area contributed by atoms with Gasteiger partial charge >= 0.3 is 31.3 Å². The van der Waals surface area contributed by atoms with Gasteiger partial charge in [-0.15, -0.1) is 0 Å². The highest BCUT2D eigenvalue weighted by atomic mass is 32.2. The summed E-state index contributed by atoms with van der Waals surface area (Å²) in [4.78, 5) is 25.3. The van der Waals surface area contributed by atoms with Crippen LogP contribution in [-0.2, 0) is 39.8 Å². The van der Waals surface area contributed by atoms with E-state index >= 15 is 0 Å². The van der Waals surface area contributed by atoms with E-state index in [9.17, 15) is 61.2 Å². The molecule has 0 aliphatic rings. The summed E-state index contributed by atoms with van der Waals surface area (Å²) in [6.07, 6.45) is 0.605. The minimum atomic E-state index is -6.02. The summed E-state index contributed by atoms with van der Waals surface area (Å²) in [7, 11) is -16.4. The van der Waals surface area contributed by atoms with Gasteiger partial charge in [-0.25, -0.2) is 12.7 Å². The van der Waals surface area contributed by atoms with Crippen LogP contribution in [0.25, 0.3) is 0 Å². The second kappa shape index (κ2) is 12.0.